The van der Waals surface area contributed by atoms with Crippen molar-refractivity contribution < 1.29 is 9.90 Å². The van der Waals surface area contributed by atoms with E-state index in [2.05, 4.69) is 10.8 Å². The van der Waals surface area contributed by atoms with Crippen LogP contribution in [0.1, 0.15) is 24.5 Å². The average Bonchev–Trinajstić information content (AvgIpc) is 3.24. The molecule has 1 amide bonds. The highest BCUT2D eigenvalue weighted by molar-refractivity contribution is 6.03. The molecule has 0 bridgehead atoms. The van der Waals surface area contributed by atoms with Crippen molar-refractivity contribution in [3.8, 4) is 12.3 Å². The molecule has 0 saturated heterocycles. The van der Waals surface area contributed by atoms with Crippen molar-refractivity contribution in [3.05, 3.63) is 23.8 Å². The van der Waals surface area contributed by atoms with E-state index < -0.39 is 6.10 Å². The van der Waals surface area contributed by atoms with Gasteiger partial charge in [-0.25, -0.2) is 0 Å². The lowest BCUT2D eigenvalue weighted by molar-refractivity contribution is -0.125. The van der Waals surface area contributed by atoms with Crippen molar-refractivity contribution in [2.75, 3.05) is 29.9 Å². The molecule has 2 aliphatic rings. The second-order valence-electron chi connectivity index (χ2n) is 5.57. The number of anilines is 2. The van der Waals surface area contributed by atoms with Gasteiger partial charge < -0.3 is 14.9 Å². The summed E-state index contributed by atoms with van der Waals surface area (Å²) in [6, 6.07) is 5.71. The first-order valence-electron chi connectivity index (χ1n) is 6.90. The second-order valence-corrected chi connectivity index (χ2v) is 5.57. The molecule has 3 rings (SSSR count). The van der Waals surface area contributed by atoms with Gasteiger partial charge >= 0.3 is 0 Å². The molecule has 104 valence electrons. The molecule has 20 heavy (non-hydrogen) atoms. The van der Waals surface area contributed by atoms with Gasteiger partial charge in [-0.2, -0.15) is 0 Å². The second kappa shape index (κ2) is 4.84. The molecule has 1 N–H and O–H groups in total. The monoisotopic (exact) mass is 270 g/mol. The molecular formula is C16H18N2O2. The number of hydrogen-bond acceptors (Lipinski definition) is 3. The van der Waals surface area contributed by atoms with Gasteiger partial charge in [0.15, 0.2) is 6.10 Å². The summed E-state index contributed by atoms with van der Waals surface area (Å²) in [7, 11) is 1.69. The van der Waals surface area contributed by atoms with E-state index in [1.54, 1.807) is 7.05 Å². The molecule has 1 heterocycles. The van der Waals surface area contributed by atoms with Crippen molar-refractivity contribution in [2.24, 2.45) is 5.92 Å². The largest absolute Gasteiger partial charge is 0.378 e. The van der Waals surface area contributed by atoms with E-state index in [4.69, 9.17) is 6.42 Å². The van der Waals surface area contributed by atoms with Crippen LogP contribution in [0.25, 0.3) is 0 Å². The molecule has 4 nitrogen and oxygen atoms in total. The minimum Gasteiger partial charge on any atom is -0.378 e. The van der Waals surface area contributed by atoms with Gasteiger partial charge in [-0.1, -0.05) is 12.0 Å². The van der Waals surface area contributed by atoms with E-state index in [0.717, 1.165) is 23.8 Å². The normalized spacial score (nSPS) is 20.8. The third kappa shape index (κ3) is 2.14. The lowest BCUT2D eigenvalue weighted by atomic mass is 10.1. The number of fused-ring (bicyclic) bond motifs is 1. The first kappa shape index (κ1) is 13.0. The van der Waals surface area contributed by atoms with Gasteiger partial charge in [0, 0.05) is 24.8 Å². The molecule has 1 aromatic carbocycles. The minimum atomic E-state index is -1.03. The third-order valence-corrected chi connectivity index (χ3v) is 4.06. The van der Waals surface area contributed by atoms with E-state index in [-0.39, 0.29) is 5.91 Å². The topological polar surface area (TPSA) is 43.8 Å². The maximum atomic E-state index is 11.8. The minimum absolute atomic E-state index is 0.275. The molecule has 1 aliphatic carbocycles. The summed E-state index contributed by atoms with van der Waals surface area (Å²) in [6.45, 7) is 1.53. The summed E-state index contributed by atoms with van der Waals surface area (Å²) in [5.41, 5.74) is 2.47. The Morgan fingerprint density at radius 3 is 2.90 bits per heavy atom. The summed E-state index contributed by atoms with van der Waals surface area (Å²) < 4.78 is 0. The zero-order valence-corrected chi connectivity index (χ0v) is 11.5. The molecule has 0 radical (unpaired) electrons. The summed E-state index contributed by atoms with van der Waals surface area (Å²) in [6.07, 6.45) is 6.95. The maximum Gasteiger partial charge on any atom is 0.260 e. The van der Waals surface area contributed by atoms with Crippen LogP contribution in [0, 0.1) is 18.3 Å². The quantitative estimate of drug-likeness (QED) is 0.844. The van der Waals surface area contributed by atoms with Crippen molar-refractivity contribution in [1.29, 1.82) is 0 Å². The molecule has 0 aromatic heterocycles. The van der Waals surface area contributed by atoms with Crippen molar-refractivity contribution >= 4 is 17.3 Å². The van der Waals surface area contributed by atoms with Crippen LogP contribution < -0.4 is 9.80 Å². The lowest BCUT2D eigenvalue weighted by Gasteiger charge is -2.23. The number of benzene rings is 1. The zero-order chi connectivity index (χ0) is 14.3. The summed E-state index contributed by atoms with van der Waals surface area (Å²) in [4.78, 5) is 15.5. The SMILES string of the molecule is C#CCN(CC1CC1)c1ccc2c(c1)N(C)C(=O)C2O. The fourth-order valence-electron chi connectivity index (χ4n) is 2.67. The van der Waals surface area contributed by atoms with Gasteiger partial charge in [-0.05, 0) is 30.9 Å². The number of terminal acetylenes is 1. The predicted molar refractivity (Wildman–Crippen MR) is 78.6 cm³/mol. The highest BCUT2D eigenvalue weighted by Gasteiger charge is 2.34. The Kier molecular flexibility index (Phi) is 3.15. The number of hydrogen-bond donors (Lipinski definition) is 1. The summed E-state index contributed by atoms with van der Waals surface area (Å²) in [5.74, 6) is 3.15. The van der Waals surface area contributed by atoms with Crippen LogP contribution in [-0.2, 0) is 4.79 Å². The molecule has 4 heteroatoms. The standard InChI is InChI=1S/C16H18N2O2/c1-3-8-18(10-11-4-5-11)12-6-7-13-14(9-12)17(2)16(20)15(13)19/h1,6-7,9,11,15,19H,4-5,8,10H2,2H3. The fourth-order valence-corrected chi connectivity index (χ4v) is 2.67. The molecule has 1 aromatic rings. The molecule has 1 atom stereocenters. The Balaban J connectivity index is 1.91. The summed E-state index contributed by atoms with van der Waals surface area (Å²) >= 11 is 0. The van der Waals surface area contributed by atoms with Gasteiger partial charge in [0.25, 0.3) is 5.91 Å². The van der Waals surface area contributed by atoms with E-state index in [1.165, 1.54) is 17.7 Å². The van der Waals surface area contributed by atoms with Crippen LogP contribution in [-0.4, -0.2) is 31.2 Å². The van der Waals surface area contributed by atoms with Gasteiger partial charge in [-0.3, -0.25) is 4.79 Å². The Labute approximate surface area is 119 Å². The van der Waals surface area contributed by atoms with Crippen LogP contribution in [0.15, 0.2) is 18.2 Å². The molecule has 1 aliphatic heterocycles. The van der Waals surface area contributed by atoms with Crippen LogP contribution in [0.4, 0.5) is 11.4 Å². The van der Waals surface area contributed by atoms with Gasteiger partial charge in [0.05, 0.1) is 12.2 Å². The molecule has 1 saturated carbocycles. The first-order chi connectivity index (χ1) is 9.61. The Bertz CT molecular complexity index is 587. The molecular weight excluding hydrogens is 252 g/mol. The highest BCUT2D eigenvalue weighted by Crippen LogP contribution is 2.38. The smallest absolute Gasteiger partial charge is 0.260 e. The predicted octanol–water partition coefficient (Wildman–Crippen LogP) is 1.55. The zero-order valence-electron chi connectivity index (χ0n) is 11.5. The van der Waals surface area contributed by atoms with Crippen molar-refractivity contribution in [3.63, 3.8) is 0 Å². The van der Waals surface area contributed by atoms with Crippen LogP contribution in [0.2, 0.25) is 0 Å². The molecule has 1 fully saturated rings. The van der Waals surface area contributed by atoms with Crippen molar-refractivity contribution in [1.82, 2.24) is 0 Å². The number of rotatable bonds is 4. The summed E-state index contributed by atoms with van der Waals surface area (Å²) in [5, 5.41) is 9.87. The lowest BCUT2D eigenvalue weighted by Crippen LogP contribution is -2.26. The average molecular weight is 270 g/mol. The Hall–Kier alpha value is -1.99. The molecule has 1 unspecified atom stereocenters. The number of likely N-dealkylation sites (N-methyl/N-ethyl adjacent to an activating group) is 1. The van der Waals surface area contributed by atoms with Gasteiger partial charge in [-0.15, -0.1) is 6.42 Å². The number of carbonyl (C=O) groups is 1. The third-order valence-electron chi connectivity index (χ3n) is 4.06. The van der Waals surface area contributed by atoms with E-state index in [0.29, 0.717) is 12.1 Å². The maximum absolute atomic E-state index is 11.8. The van der Waals surface area contributed by atoms with E-state index in [9.17, 15) is 9.90 Å². The Morgan fingerprint density at radius 2 is 2.25 bits per heavy atom. The van der Waals surface area contributed by atoms with E-state index in [1.807, 2.05) is 18.2 Å². The highest BCUT2D eigenvalue weighted by atomic mass is 16.3. The van der Waals surface area contributed by atoms with Gasteiger partial charge in [0.2, 0.25) is 0 Å². The number of carbonyl (C=O) groups excluding carboxylic acids is 1. The van der Waals surface area contributed by atoms with Crippen molar-refractivity contribution in [2.45, 2.75) is 18.9 Å². The van der Waals surface area contributed by atoms with E-state index >= 15 is 0 Å². The number of nitrogens with zero attached hydrogens (tertiary/aromatic N) is 2. The Morgan fingerprint density at radius 1 is 1.50 bits per heavy atom. The number of aliphatic hydroxyl groups is 1. The number of aliphatic hydroxyl groups excluding tert-OH is 1. The molecule has 0 spiro atoms. The van der Waals surface area contributed by atoms with Crippen LogP contribution >= 0.6 is 0 Å². The van der Waals surface area contributed by atoms with Gasteiger partial charge in [0.1, 0.15) is 0 Å². The van der Waals surface area contributed by atoms with Crippen LogP contribution in [0.5, 0.6) is 0 Å². The first-order valence-corrected chi connectivity index (χ1v) is 6.90. The van der Waals surface area contributed by atoms with Crippen LogP contribution in [0.3, 0.4) is 0 Å². The fraction of sp³-hybridized carbons (Fsp3) is 0.438. The number of amides is 1.